The van der Waals surface area contributed by atoms with Crippen LogP contribution >= 0.6 is 0 Å². The largest absolute Gasteiger partial charge is 0.494 e. The monoisotopic (exact) mass is 468 g/mol. The third-order valence-corrected chi connectivity index (χ3v) is 5.06. The summed E-state index contributed by atoms with van der Waals surface area (Å²) in [5.41, 5.74) is 5.86. The van der Waals surface area contributed by atoms with Gasteiger partial charge in [-0.3, -0.25) is 20.4 Å². The molecule has 1 heterocycles. The van der Waals surface area contributed by atoms with Crippen molar-refractivity contribution < 1.29 is 23.2 Å². The molecule has 8 nitrogen and oxygen atoms in total. The second-order valence-electron chi connectivity index (χ2n) is 7.81. The molecule has 2 N–H and O–H groups in total. The van der Waals surface area contributed by atoms with Crippen LogP contribution < -0.4 is 15.6 Å². The van der Waals surface area contributed by atoms with Gasteiger partial charge in [0.05, 0.1) is 6.61 Å². The minimum absolute atomic E-state index is 0.166. The summed E-state index contributed by atoms with van der Waals surface area (Å²) in [6.07, 6.45) is 5.54. The predicted octanol–water partition coefficient (Wildman–Crippen LogP) is 4.62. The number of benzene rings is 2. The lowest BCUT2D eigenvalue weighted by Crippen LogP contribution is -2.41. The number of unbranched alkanes of at least 4 members (excludes halogenated alkanes) is 3. The highest BCUT2D eigenvalue weighted by atomic mass is 19.1. The molecule has 3 rings (SSSR count). The van der Waals surface area contributed by atoms with Crippen molar-refractivity contribution in [1.29, 1.82) is 0 Å². The average molecular weight is 469 g/mol. The summed E-state index contributed by atoms with van der Waals surface area (Å²) < 4.78 is 23.8. The van der Waals surface area contributed by atoms with Crippen molar-refractivity contribution in [2.75, 3.05) is 6.61 Å². The predicted molar refractivity (Wildman–Crippen MR) is 124 cm³/mol. The molecule has 9 heteroatoms. The minimum Gasteiger partial charge on any atom is -0.494 e. The molecular weight excluding hydrogens is 439 g/mol. The van der Waals surface area contributed by atoms with Gasteiger partial charge in [-0.25, -0.2) is 4.39 Å². The molecule has 180 valence electrons. The van der Waals surface area contributed by atoms with E-state index in [9.17, 15) is 14.0 Å². The first-order chi connectivity index (χ1) is 16.5. The molecule has 0 aliphatic rings. The number of aryl methyl sites for hydroxylation is 1. The second kappa shape index (κ2) is 13.1. The zero-order chi connectivity index (χ0) is 24.2. The number of halogens is 1. The van der Waals surface area contributed by atoms with Gasteiger partial charge in [0.25, 0.3) is 5.91 Å². The molecule has 2 aromatic carbocycles. The molecule has 0 unspecified atom stereocenters. The number of carbonyl (C=O) groups is 2. The Kier molecular flexibility index (Phi) is 9.57. The highest BCUT2D eigenvalue weighted by Crippen LogP contribution is 2.17. The van der Waals surface area contributed by atoms with E-state index in [1.54, 1.807) is 36.4 Å². The van der Waals surface area contributed by atoms with E-state index in [4.69, 9.17) is 9.26 Å². The summed E-state index contributed by atoms with van der Waals surface area (Å²) in [6, 6.07) is 12.5. The quantitative estimate of drug-likeness (QED) is 0.297. The second-order valence-corrected chi connectivity index (χ2v) is 7.81. The van der Waals surface area contributed by atoms with Gasteiger partial charge in [0.2, 0.25) is 17.6 Å². The lowest BCUT2D eigenvalue weighted by molar-refractivity contribution is -0.121. The number of hydrogen-bond acceptors (Lipinski definition) is 6. The maximum Gasteiger partial charge on any atom is 0.269 e. The number of hydrazine groups is 1. The van der Waals surface area contributed by atoms with Crippen molar-refractivity contribution in [2.45, 2.75) is 51.9 Å². The first kappa shape index (κ1) is 24.9. The number of ether oxygens (including phenoxy) is 1. The van der Waals surface area contributed by atoms with Gasteiger partial charge in [-0.15, -0.1) is 0 Å². The van der Waals surface area contributed by atoms with Crippen LogP contribution in [0.2, 0.25) is 0 Å². The molecule has 0 aliphatic heterocycles. The fourth-order valence-electron chi connectivity index (χ4n) is 3.16. The Bertz CT molecular complexity index is 1050. The molecule has 0 bridgehead atoms. The minimum atomic E-state index is -0.413. The van der Waals surface area contributed by atoms with E-state index < -0.39 is 5.91 Å². The zero-order valence-electron chi connectivity index (χ0n) is 19.2. The summed E-state index contributed by atoms with van der Waals surface area (Å²) in [6.45, 7) is 2.81. The van der Waals surface area contributed by atoms with E-state index in [0.717, 1.165) is 12.8 Å². The first-order valence-corrected chi connectivity index (χ1v) is 11.5. The van der Waals surface area contributed by atoms with Gasteiger partial charge >= 0.3 is 0 Å². The molecule has 0 saturated heterocycles. The van der Waals surface area contributed by atoms with Crippen molar-refractivity contribution in [3.05, 3.63) is 65.8 Å². The molecule has 0 fully saturated rings. The van der Waals surface area contributed by atoms with Crippen LogP contribution in [0, 0.1) is 5.82 Å². The summed E-state index contributed by atoms with van der Waals surface area (Å²) >= 11 is 0. The lowest BCUT2D eigenvalue weighted by atomic mass is 10.2. The van der Waals surface area contributed by atoms with Crippen LogP contribution in [0.4, 0.5) is 4.39 Å². The number of amides is 2. The van der Waals surface area contributed by atoms with Crippen molar-refractivity contribution in [3.63, 3.8) is 0 Å². The van der Waals surface area contributed by atoms with Crippen LogP contribution in [-0.2, 0) is 11.2 Å². The fraction of sp³-hybridized carbons (Fsp3) is 0.360. The maximum absolute atomic E-state index is 13.0. The highest BCUT2D eigenvalue weighted by Gasteiger charge is 2.11. The van der Waals surface area contributed by atoms with E-state index in [2.05, 4.69) is 27.9 Å². The SMILES string of the molecule is CCCCCCOc1ccc(C(=O)NNC(=O)CCCc2nc(-c3ccc(F)cc3)no2)cc1. The Hall–Kier alpha value is -3.75. The van der Waals surface area contributed by atoms with Crippen LogP contribution in [0.3, 0.4) is 0 Å². The van der Waals surface area contributed by atoms with Crippen LogP contribution in [0.1, 0.15) is 61.7 Å². The number of hydrogen-bond donors (Lipinski definition) is 2. The van der Waals surface area contributed by atoms with Gasteiger partial charge < -0.3 is 9.26 Å². The van der Waals surface area contributed by atoms with Gasteiger partial charge in [-0.1, -0.05) is 31.3 Å². The van der Waals surface area contributed by atoms with E-state index in [0.29, 0.717) is 48.0 Å². The van der Waals surface area contributed by atoms with E-state index >= 15 is 0 Å². The topological polar surface area (TPSA) is 106 Å². The van der Waals surface area contributed by atoms with Crippen molar-refractivity contribution in [2.24, 2.45) is 0 Å². The molecular formula is C25H29FN4O4. The van der Waals surface area contributed by atoms with Gasteiger partial charge in [0, 0.05) is 24.0 Å². The first-order valence-electron chi connectivity index (χ1n) is 11.5. The summed E-state index contributed by atoms with van der Waals surface area (Å²) in [5, 5.41) is 3.87. The maximum atomic E-state index is 13.0. The lowest BCUT2D eigenvalue weighted by Gasteiger charge is -2.09. The molecule has 3 aromatic rings. The van der Waals surface area contributed by atoms with Crippen LogP contribution in [0.25, 0.3) is 11.4 Å². The Morgan fingerprint density at radius 3 is 2.47 bits per heavy atom. The van der Waals surface area contributed by atoms with Gasteiger partial charge in [0.15, 0.2) is 0 Å². The molecule has 2 amide bonds. The molecule has 0 atom stereocenters. The third kappa shape index (κ3) is 7.99. The van der Waals surface area contributed by atoms with Crippen molar-refractivity contribution in [3.8, 4) is 17.1 Å². The smallest absolute Gasteiger partial charge is 0.269 e. The summed E-state index contributed by atoms with van der Waals surface area (Å²) in [5.74, 6) is 0.358. The fourth-order valence-corrected chi connectivity index (χ4v) is 3.16. The van der Waals surface area contributed by atoms with E-state index in [1.165, 1.54) is 25.0 Å². The number of carbonyl (C=O) groups excluding carboxylic acids is 2. The number of nitrogens with zero attached hydrogens (tertiary/aromatic N) is 2. The number of nitrogens with one attached hydrogen (secondary N) is 2. The molecule has 1 aromatic heterocycles. The molecule has 0 radical (unpaired) electrons. The van der Waals surface area contributed by atoms with Crippen LogP contribution in [-0.4, -0.2) is 28.6 Å². The van der Waals surface area contributed by atoms with Crippen LogP contribution in [0.15, 0.2) is 53.1 Å². The summed E-state index contributed by atoms with van der Waals surface area (Å²) in [4.78, 5) is 28.5. The number of rotatable bonds is 12. The zero-order valence-corrected chi connectivity index (χ0v) is 19.2. The van der Waals surface area contributed by atoms with E-state index in [-0.39, 0.29) is 18.1 Å². The standard InChI is InChI=1S/C25H29FN4O4/c1-2-3-4-5-17-33-21-15-11-19(12-16-21)25(32)29-28-22(31)7-6-8-23-27-24(30-34-23)18-9-13-20(26)14-10-18/h9-16H,2-8,17H2,1H3,(H,28,31)(H,29,32). The van der Waals surface area contributed by atoms with Gasteiger partial charge in [-0.05, 0) is 61.4 Å². The van der Waals surface area contributed by atoms with Crippen molar-refractivity contribution >= 4 is 11.8 Å². The molecule has 34 heavy (non-hydrogen) atoms. The Morgan fingerprint density at radius 2 is 1.74 bits per heavy atom. The average Bonchev–Trinajstić information content (AvgIpc) is 3.32. The van der Waals surface area contributed by atoms with Crippen molar-refractivity contribution in [1.82, 2.24) is 21.0 Å². The van der Waals surface area contributed by atoms with Crippen LogP contribution in [0.5, 0.6) is 5.75 Å². The molecule has 0 spiro atoms. The Morgan fingerprint density at radius 1 is 0.971 bits per heavy atom. The Labute approximate surface area is 197 Å². The third-order valence-electron chi connectivity index (χ3n) is 5.06. The number of aromatic nitrogens is 2. The Balaban J connectivity index is 1.34. The summed E-state index contributed by atoms with van der Waals surface area (Å²) in [7, 11) is 0. The normalized spacial score (nSPS) is 10.6. The molecule has 0 aliphatic carbocycles. The van der Waals surface area contributed by atoms with E-state index in [1.807, 2.05) is 0 Å². The highest BCUT2D eigenvalue weighted by molar-refractivity contribution is 5.95. The van der Waals surface area contributed by atoms with Gasteiger partial charge in [0.1, 0.15) is 11.6 Å². The molecule has 0 saturated carbocycles. The van der Waals surface area contributed by atoms with Gasteiger partial charge in [-0.2, -0.15) is 4.98 Å².